The number of fused-ring (bicyclic) bond motifs is 1. The van der Waals surface area contributed by atoms with Gasteiger partial charge >= 0.3 is 0 Å². The zero-order chi connectivity index (χ0) is 29.6. The Morgan fingerprint density at radius 3 is 2.51 bits per heavy atom. The van der Waals surface area contributed by atoms with Gasteiger partial charge in [-0.2, -0.15) is 9.97 Å². The Bertz CT molecular complexity index is 1500. The van der Waals surface area contributed by atoms with Crippen LogP contribution in [0.4, 0.5) is 11.8 Å². The molecule has 2 saturated heterocycles. The molecule has 2 aromatic carbocycles. The van der Waals surface area contributed by atoms with Crippen molar-refractivity contribution >= 4 is 45.7 Å². The molecule has 0 aliphatic carbocycles. The largest absolute Gasteiger partial charge is 0.367 e. The summed E-state index contributed by atoms with van der Waals surface area (Å²) >= 11 is 1.18. The first-order valence-corrected chi connectivity index (χ1v) is 16.0. The van der Waals surface area contributed by atoms with Crippen molar-refractivity contribution in [3.8, 4) is 0 Å². The van der Waals surface area contributed by atoms with Crippen molar-refractivity contribution in [3.63, 3.8) is 0 Å². The van der Waals surface area contributed by atoms with Crippen molar-refractivity contribution in [2.45, 2.75) is 62.4 Å². The molecular formula is C32H38N8O2S. The summed E-state index contributed by atoms with van der Waals surface area (Å²) in [6.45, 7) is 4.44. The third kappa shape index (κ3) is 6.83. The standard InChI is InChI=1S/C32H38N8O2S/c1-2-3-14-26(41)37-27-17-25(31(42)43-27)40-20-35-28-29(38-32(39-30(28)40)36-23-15-16-33-18-23)34-19-24(21-10-6-4-7-11-21)22-12-8-5-9-13-22/h4-13,20,23-25,27,33H,2-3,14-19H2,1H3,(H,37,41)(H2,34,36,38,39). The van der Waals surface area contributed by atoms with Crippen molar-refractivity contribution in [2.75, 3.05) is 30.3 Å². The van der Waals surface area contributed by atoms with Crippen molar-refractivity contribution < 1.29 is 9.59 Å². The van der Waals surface area contributed by atoms with Crippen LogP contribution in [0.2, 0.25) is 0 Å². The first-order chi connectivity index (χ1) is 21.1. The quantitative estimate of drug-likeness (QED) is 0.184. The van der Waals surface area contributed by atoms with Crippen molar-refractivity contribution in [1.29, 1.82) is 0 Å². The Labute approximate surface area is 255 Å². The molecule has 2 aliphatic rings. The number of rotatable bonds is 12. The number of thioether (sulfide) groups is 1. The van der Waals surface area contributed by atoms with E-state index < -0.39 is 6.04 Å². The molecule has 4 aromatic rings. The van der Waals surface area contributed by atoms with Gasteiger partial charge in [-0.25, -0.2) is 4.98 Å². The monoisotopic (exact) mass is 598 g/mol. The van der Waals surface area contributed by atoms with Crippen molar-refractivity contribution in [1.82, 2.24) is 30.2 Å². The maximum absolute atomic E-state index is 13.2. The van der Waals surface area contributed by atoms with Crippen LogP contribution in [-0.2, 0) is 9.59 Å². The highest BCUT2D eigenvalue weighted by Crippen LogP contribution is 2.37. The SMILES string of the molecule is CCCCC(=O)NC1CC(n2cnc3c(NCC(c4ccccc4)c4ccccc4)nc(NC4CCNC4)nc32)C(=O)S1. The van der Waals surface area contributed by atoms with Crippen LogP contribution in [0.1, 0.15) is 62.1 Å². The second-order valence-electron chi connectivity index (χ2n) is 11.2. The highest BCUT2D eigenvalue weighted by molar-refractivity contribution is 8.14. The second kappa shape index (κ2) is 13.6. The average molecular weight is 599 g/mol. The van der Waals surface area contributed by atoms with E-state index in [9.17, 15) is 9.59 Å². The van der Waals surface area contributed by atoms with E-state index in [1.54, 1.807) is 6.33 Å². The summed E-state index contributed by atoms with van der Waals surface area (Å²) in [6.07, 6.45) is 5.40. The minimum Gasteiger partial charge on any atom is -0.367 e. The molecule has 4 N–H and O–H groups in total. The van der Waals surface area contributed by atoms with Gasteiger partial charge in [0.1, 0.15) is 6.04 Å². The minimum absolute atomic E-state index is 0.00376. The first-order valence-electron chi connectivity index (χ1n) is 15.1. The molecule has 0 bridgehead atoms. The number of hydrogen-bond acceptors (Lipinski definition) is 9. The maximum atomic E-state index is 13.2. The lowest BCUT2D eigenvalue weighted by molar-refractivity contribution is -0.121. The van der Waals surface area contributed by atoms with E-state index >= 15 is 0 Å². The number of carbonyl (C=O) groups excluding carboxylic acids is 2. The topological polar surface area (TPSA) is 126 Å². The number of imidazole rings is 1. The lowest BCUT2D eigenvalue weighted by Gasteiger charge is -2.20. The first kappa shape index (κ1) is 29.1. The third-order valence-electron chi connectivity index (χ3n) is 8.08. The Kier molecular flexibility index (Phi) is 9.18. The zero-order valence-electron chi connectivity index (χ0n) is 24.3. The number of unbranched alkanes of at least 4 members (excludes halogenated alkanes) is 1. The molecule has 10 nitrogen and oxygen atoms in total. The van der Waals surface area contributed by atoms with E-state index in [4.69, 9.17) is 15.0 Å². The van der Waals surface area contributed by atoms with E-state index in [1.807, 2.05) is 16.7 Å². The smallest absolute Gasteiger partial charge is 0.227 e. The summed E-state index contributed by atoms with van der Waals surface area (Å²) in [4.78, 5) is 40.0. The van der Waals surface area contributed by atoms with E-state index in [1.165, 1.54) is 22.9 Å². The van der Waals surface area contributed by atoms with Gasteiger partial charge in [0.2, 0.25) is 17.0 Å². The summed E-state index contributed by atoms with van der Waals surface area (Å²) < 4.78 is 1.85. The number of hydrogen-bond donors (Lipinski definition) is 4. The Morgan fingerprint density at radius 1 is 1.09 bits per heavy atom. The Morgan fingerprint density at radius 2 is 1.84 bits per heavy atom. The molecule has 6 rings (SSSR count). The molecule has 2 aromatic heterocycles. The van der Waals surface area contributed by atoms with Gasteiger partial charge in [-0.1, -0.05) is 85.8 Å². The number of anilines is 2. The van der Waals surface area contributed by atoms with Gasteiger partial charge in [-0.3, -0.25) is 9.59 Å². The average Bonchev–Trinajstić information content (AvgIpc) is 3.78. The predicted molar refractivity (Wildman–Crippen MR) is 171 cm³/mol. The summed E-state index contributed by atoms with van der Waals surface area (Å²) in [5.74, 6) is 1.20. The molecule has 11 heteroatoms. The van der Waals surface area contributed by atoms with Gasteiger partial charge in [0.15, 0.2) is 17.0 Å². The van der Waals surface area contributed by atoms with Crippen LogP contribution in [0, 0.1) is 0 Å². The summed E-state index contributed by atoms with van der Waals surface area (Å²) in [5.41, 5.74) is 3.61. The summed E-state index contributed by atoms with van der Waals surface area (Å²) in [7, 11) is 0. The number of carbonyl (C=O) groups is 2. The number of nitrogens with zero attached hydrogens (tertiary/aromatic N) is 4. The number of amides is 1. The van der Waals surface area contributed by atoms with Gasteiger partial charge < -0.3 is 25.8 Å². The maximum Gasteiger partial charge on any atom is 0.227 e. The lowest BCUT2D eigenvalue weighted by atomic mass is 9.91. The lowest BCUT2D eigenvalue weighted by Crippen LogP contribution is -2.31. The van der Waals surface area contributed by atoms with Crippen molar-refractivity contribution in [2.24, 2.45) is 0 Å². The summed E-state index contributed by atoms with van der Waals surface area (Å²) in [6, 6.07) is 20.6. The van der Waals surface area contributed by atoms with Gasteiger partial charge in [-0.05, 0) is 30.5 Å². The molecule has 224 valence electrons. The number of benzene rings is 2. The molecule has 1 amide bonds. The van der Waals surface area contributed by atoms with Crippen LogP contribution in [0.15, 0.2) is 67.0 Å². The normalized spacial score (nSPS) is 20.1. The van der Waals surface area contributed by atoms with E-state index in [0.29, 0.717) is 42.3 Å². The Balaban J connectivity index is 1.29. The minimum atomic E-state index is -0.475. The highest BCUT2D eigenvalue weighted by atomic mass is 32.2. The molecule has 43 heavy (non-hydrogen) atoms. The molecule has 0 spiro atoms. The van der Waals surface area contributed by atoms with Gasteiger partial charge in [0, 0.05) is 37.9 Å². The molecular weight excluding hydrogens is 560 g/mol. The number of nitrogens with one attached hydrogen (secondary N) is 4. The summed E-state index contributed by atoms with van der Waals surface area (Å²) in [5, 5.41) is 13.2. The molecule has 0 radical (unpaired) electrons. The van der Waals surface area contributed by atoms with Gasteiger partial charge in [0.05, 0.1) is 11.7 Å². The Hall–Kier alpha value is -3.96. The van der Waals surface area contributed by atoms with E-state index in [-0.39, 0.29) is 28.4 Å². The molecule has 2 aliphatic heterocycles. The van der Waals surface area contributed by atoms with Gasteiger partial charge in [0.25, 0.3) is 0 Å². The van der Waals surface area contributed by atoms with Crippen LogP contribution in [0.3, 0.4) is 0 Å². The second-order valence-corrected chi connectivity index (χ2v) is 12.4. The zero-order valence-corrected chi connectivity index (χ0v) is 25.1. The fourth-order valence-electron chi connectivity index (χ4n) is 5.76. The predicted octanol–water partition coefficient (Wildman–Crippen LogP) is 4.68. The molecule has 3 unspecified atom stereocenters. The number of aromatic nitrogens is 4. The molecule has 3 atom stereocenters. The van der Waals surface area contributed by atoms with Crippen LogP contribution in [0.25, 0.3) is 11.2 Å². The van der Waals surface area contributed by atoms with Crippen LogP contribution < -0.4 is 21.3 Å². The fraction of sp³-hybridized carbons (Fsp3) is 0.406. The van der Waals surface area contributed by atoms with Crippen LogP contribution in [0.5, 0.6) is 0 Å². The highest BCUT2D eigenvalue weighted by Gasteiger charge is 2.37. The molecule has 2 fully saturated rings. The van der Waals surface area contributed by atoms with Crippen LogP contribution in [-0.4, -0.2) is 61.6 Å². The molecule has 4 heterocycles. The van der Waals surface area contributed by atoms with Gasteiger partial charge in [-0.15, -0.1) is 0 Å². The van der Waals surface area contributed by atoms with E-state index in [0.717, 1.165) is 32.4 Å². The third-order valence-corrected chi connectivity index (χ3v) is 9.17. The molecule has 0 saturated carbocycles. The van der Waals surface area contributed by atoms with Crippen molar-refractivity contribution in [3.05, 3.63) is 78.1 Å². The van der Waals surface area contributed by atoms with Crippen LogP contribution >= 0.6 is 11.8 Å². The van der Waals surface area contributed by atoms with E-state index in [2.05, 4.69) is 76.7 Å². The fourth-order valence-corrected chi connectivity index (χ4v) is 6.88.